The number of carbonyl (C=O) groups excluding carboxylic acids is 1. The van der Waals surface area contributed by atoms with Crippen molar-refractivity contribution >= 4 is 5.91 Å². The van der Waals surface area contributed by atoms with Crippen LogP contribution in [0.3, 0.4) is 0 Å². The molecular formula is C19H22N4O2. The summed E-state index contributed by atoms with van der Waals surface area (Å²) < 4.78 is 8.17. The van der Waals surface area contributed by atoms with Crippen molar-refractivity contribution in [2.45, 2.75) is 37.2 Å². The van der Waals surface area contributed by atoms with Crippen LogP contribution in [0.2, 0.25) is 0 Å². The largest absolute Gasteiger partial charge is 0.351 e. The van der Waals surface area contributed by atoms with Gasteiger partial charge in [-0.2, -0.15) is 5.10 Å². The second-order valence-electron chi connectivity index (χ2n) is 7.31. The Morgan fingerprint density at radius 2 is 2.16 bits per heavy atom. The van der Waals surface area contributed by atoms with Gasteiger partial charge in [0.1, 0.15) is 0 Å². The van der Waals surface area contributed by atoms with Crippen LogP contribution in [0.5, 0.6) is 0 Å². The first kappa shape index (κ1) is 15.1. The summed E-state index contributed by atoms with van der Waals surface area (Å²) in [7, 11) is 1.93. The van der Waals surface area contributed by atoms with Gasteiger partial charge in [-0.1, -0.05) is 30.3 Å². The number of carbonyl (C=O) groups is 1. The summed E-state index contributed by atoms with van der Waals surface area (Å²) in [4.78, 5) is 17.3. The summed E-state index contributed by atoms with van der Waals surface area (Å²) in [6.07, 6.45) is 5.38. The van der Waals surface area contributed by atoms with Crippen molar-refractivity contribution in [3.63, 3.8) is 0 Å². The van der Waals surface area contributed by atoms with E-state index in [-0.39, 0.29) is 18.0 Å². The van der Waals surface area contributed by atoms with Gasteiger partial charge in [-0.05, 0) is 5.56 Å². The van der Waals surface area contributed by atoms with Gasteiger partial charge in [0.05, 0.1) is 24.9 Å². The fraction of sp³-hybridized carbons (Fsp3) is 0.474. The Morgan fingerprint density at radius 1 is 1.32 bits per heavy atom. The molecule has 1 spiro atoms. The fourth-order valence-electron chi connectivity index (χ4n) is 4.83. The predicted molar refractivity (Wildman–Crippen MR) is 91.4 cm³/mol. The van der Waals surface area contributed by atoms with E-state index in [9.17, 15) is 4.79 Å². The van der Waals surface area contributed by atoms with E-state index in [1.165, 1.54) is 11.1 Å². The molecule has 3 aliphatic heterocycles. The molecule has 25 heavy (non-hydrogen) atoms. The molecule has 6 heteroatoms. The Hall–Kier alpha value is -2.18. The lowest BCUT2D eigenvalue weighted by Crippen LogP contribution is -2.48. The van der Waals surface area contributed by atoms with Crippen molar-refractivity contribution in [2.75, 3.05) is 13.2 Å². The van der Waals surface area contributed by atoms with Gasteiger partial charge in [0.2, 0.25) is 5.91 Å². The van der Waals surface area contributed by atoms with Crippen LogP contribution in [0.1, 0.15) is 30.0 Å². The number of hydrogen-bond acceptors (Lipinski definition) is 4. The average Bonchev–Trinajstić information content (AvgIpc) is 3.34. The lowest BCUT2D eigenvalue weighted by molar-refractivity contribution is -0.138. The lowest BCUT2D eigenvalue weighted by atomic mass is 10.0. The monoisotopic (exact) mass is 338 g/mol. The Bertz CT molecular complexity index is 805. The Kier molecular flexibility index (Phi) is 3.27. The van der Waals surface area contributed by atoms with Crippen molar-refractivity contribution in [1.82, 2.24) is 19.6 Å². The molecule has 0 radical (unpaired) electrons. The van der Waals surface area contributed by atoms with E-state index in [0.717, 1.165) is 19.5 Å². The molecule has 0 N–H and O–H groups in total. The molecule has 1 aromatic heterocycles. The molecule has 1 aromatic carbocycles. The van der Waals surface area contributed by atoms with Crippen molar-refractivity contribution < 1.29 is 9.53 Å². The van der Waals surface area contributed by atoms with Crippen molar-refractivity contribution in [1.29, 1.82) is 0 Å². The first-order chi connectivity index (χ1) is 12.2. The van der Waals surface area contributed by atoms with E-state index in [1.54, 1.807) is 0 Å². The minimum Gasteiger partial charge on any atom is -0.351 e. The molecule has 4 heterocycles. The van der Waals surface area contributed by atoms with Crippen LogP contribution < -0.4 is 0 Å². The number of aromatic nitrogens is 2. The molecule has 130 valence electrons. The van der Waals surface area contributed by atoms with Gasteiger partial charge in [-0.3, -0.25) is 14.4 Å². The van der Waals surface area contributed by atoms with Gasteiger partial charge >= 0.3 is 0 Å². The highest BCUT2D eigenvalue weighted by Gasteiger charge is 2.64. The van der Waals surface area contributed by atoms with E-state index in [4.69, 9.17) is 4.74 Å². The van der Waals surface area contributed by atoms with Gasteiger partial charge in [-0.15, -0.1) is 0 Å². The fourth-order valence-corrected chi connectivity index (χ4v) is 4.83. The molecule has 0 bridgehead atoms. The van der Waals surface area contributed by atoms with Crippen molar-refractivity contribution in [3.05, 3.63) is 53.9 Å². The Balaban J connectivity index is 1.43. The highest BCUT2D eigenvalue weighted by atomic mass is 16.5. The molecule has 5 rings (SSSR count). The first-order valence-electron chi connectivity index (χ1n) is 8.90. The minimum atomic E-state index is -0.445. The van der Waals surface area contributed by atoms with Gasteiger partial charge < -0.3 is 9.64 Å². The molecule has 3 saturated heterocycles. The van der Waals surface area contributed by atoms with Gasteiger partial charge in [0.25, 0.3) is 0 Å². The summed E-state index contributed by atoms with van der Waals surface area (Å²) >= 11 is 0. The number of rotatable bonds is 3. The van der Waals surface area contributed by atoms with E-state index in [0.29, 0.717) is 13.0 Å². The summed E-state index contributed by atoms with van der Waals surface area (Å²) in [5.74, 6) is 0.215. The zero-order valence-electron chi connectivity index (χ0n) is 14.3. The third kappa shape index (κ3) is 2.17. The Morgan fingerprint density at radius 3 is 2.92 bits per heavy atom. The molecule has 0 unspecified atom stereocenters. The SMILES string of the molecule is Cn1cc(CN2CC[C@@]34OC[C@@H](c5ccccc5)N3C(=O)C[C@@H]24)cn1. The maximum atomic E-state index is 12.9. The van der Waals surface area contributed by atoms with Crippen LogP contribution in [0.15, 0.2) is 42.7 Å². The lowest BCUT2D eigenvalue weighted by Gasteiger charge is -2.33. The number of benzene rings is 1. The van der Waals surface area contributed by atoms with Crippen molar-refractivity contribution in [3.8, 4) is 0 Å². The number of nitrogens with zero attached hydrogens (tertiary/aromatic N) is 4. The normalized spacial score (nSPS) is 31.6. The molecule has 0 aliphatic carbocycles. The van der Waals surface area contributed by atoms with Crippen LogP contribution in [0, 0.1) is 0 Å². The second kappa shape index (κ2) is 5.41. The highest BCUT2D eigenvalue weighted by Crippen LogP contribution is 2.51. The summed E-state index contributed by atoms with van der Waals surface area (Å²) in [6, 6.07) is 10.4. The third-order valence-corrected chi connectivity index (χ3v) is 5.89. The van der Waals surface area contributed by atoms with Gasteiger partial charge in [-0.25, -0.2) is 0 Å². The smallest absolute Gasteiger partial charge is 0.227 e. The summed E-state index contributed by atoms with van der Waals surface area (Å²) in [5, 5.41) is 4.26. The van der Waals surface area contributed by atoms with Gasteiger partial charge in [0, 0.05) is 44.7 Å². The van der Waals surface area contributed by atoms with Crippen LogP contribution in [-0.2, 0) is 23.1 Å². The zero-order valence-corrected chi connectivity index (χ0v) is 14.3. The predicted octanol–water partition coefficient (Wildman–Crippen LogP) is 1.69. The summed E-state index contributed by atoms with van der Waals surface area (Å²) in [6.45, 7) is 2.36. The van der Waals surface area contributed by atoms with Crippen LogP contribution in [0.25, 0.3) is 0 Å². The van der Waals surface area contributed by atoms with Crippen LogP contribution in [0.4, 0.5) is 0 Å². The number of hydrogen-bond donors (Lipinski definition) is 0. The second-order valence-corrected chi connectivity index (χ2v) is 7.31. The average molecular weight is 338 g/mol. The number of ether oxygens (including phenoxy) is 1. The van der Waals surface area contributed by atoms with E-state index in [1.807, 2.05) is 47.2 Å². The van der Waals surface area contributed by atoms with Crippen LogP contribution in [-0.4, -0.2) is 50.4 Å². The van der Waals surface area contributed by atoms with E-state index >= 15 is 0 Å². The maximum absolute atomic E-state index is 12.9. The number of amides is 1. The minimum absolute atomic E-state index is 0.0389. The van der Waals surface area contributed by atoms with E-state index < -0.39 is 5.72 Å². The quantitative estimate of drug-likeness (QED) is 0.855. The standard InChI is InChI=1S/C19H22N4O2/c1-21-11-14(10-20-21)12-22-8-7-19-17(22)9-18(24)23(19)16(13-25-19)15-5-3-2-4-6-15/h2-6,10-11,16-17H,7-9,12-13H2,1H3/t16-,17+,19-/m0/s1. The highest BCUT2D eigenvalue weighted by molar-refractivity contribution is 5.82. The molecule has 0 saturated carbocycles. The van der Waals surface area contributed by atoms with Crippen molar-refractivity contribution in [2.24, 2.45) is 7.05 Å². The first-order valence-corrected chi connectivity index (χ1v) is 8.90. The summed E-state index contributed by atoms with van der Waals surface area (Å²) in [5.41, 5.74) is 1.90. The molecular weight excluding hydrogens is 316 g/mol. The number of aryl methyl sites for hydroxylation is 1. The molecule has 1 amide bonds. The Labute approximate surface area is 147 Å². The third-order valence-electron chi connectivity index (χ3n) is 5.89. The molecule has 3 fully saturated rings. The number of likely N-dealkylation sites (tertiary alicyclic amines) is 1. The zero-order chi connectivity index (χ0) is 17.0. The maximum Gasteiger partial charge on any atom is 0.227 e. The topological polar surface area (TPSA) is 50.6 Å². The molecule has 6 nitrogen and oxygen atoms in total. The molecule has 2 aromatic rings. The molecule has 3 atom stereocenters. The van der Waals surface area contributed by atoms with E-state index in [2.05, 4.69) is 22.1 Å². The van der Waals surface area contributed by atoms with Gasteiger partial charge in [0.15, 0.2) is 5.72 Å². The molecule has 3 aliphatic rings. The van der Waals surface area contributed by atoms with Crippen LogP contribution >= 0.6 is 0 Å².